The Balaban J connectivity index is 4.28. The second-order valence-corrected chi connectivity index (χ2v) is 24.1. The van der Waals surface area contributed by atoms with Gasteiger partial charge in [0.15, 0.2) is 6.10 Å². The molecule has 6 nitrogen and oxygen atoms in total. The summed E-state index contributed by atoms with van der Waals surface area (Å²) in [5.41, 5.74) is 0. The molecule has 0 aromatic carbocycles. The van der Waals surface area contributed by atoms with Crippen LogP contribution in [0.3, 0.4) is 0 Å². The van der Waals surface area contributed by atoms with E-state index in [4.69, 9.17) is 14.2 Å². The molecule has 472 valence electrons. The molecule has 81 heavy (non-hydrogen) atoms. The summed E-state index contributed by atoms with van der Waals surface area (Å²) in [6, 6.07) is 0. The Bertz CT molecular complexity index is 1440. The second-order valence-electron chi connectivity index (χ2n) is 24.1. The lowest BCUT2D eigenvalue weighted by molar-refractivity contribution is -0.167. The molecule has 0 aliphatic carbocycles. The molecular formula is C75H136O6. The summed E-state index contributed by atoms with van der Waals surface area (Å²) in [6.07, 6.45) is 89.6. The summed E-state index contributed by atoms with van der Waals surface area (Å²) in [5.74, 6) is -0.854. The Labute approximate surface area is 504 Å². The number of carbonyl (C=O) groups is 3. The Morgan fingerprint density at radius 3 is 0.765 bits per heavy atom. The van der Waals surface area contributed by atoms with Crippen molar-refractivity contribution in [1.82, 2.24) is 0 Å². The molecule has 0 spiro atoms. The Morgan fingerprint density at radius 2 is 0.481 bits per heavy atom. The predicted octanol–water partition coefficient (Wildman–Crippen LogP) is 24.7. The SMILES string of the molecule is CC/C=C\C/C=C\C/C=C\C/C=C\CCCCCCCCCCCCCCCCC(=O)OCC(COC(=O)CCCCCCC/C=C\CCCCCCCCC)OC(=O)CCCCCCCCCCCCCCCCCCCCCC. The van der Waals surface area contributed by atoms with Gasteiger partial charge in [-0.25, -0.2) is 0 Å². The smallest absolute Gasteiger partial charge is 0.306 e. The van der Waals surface area contributed by atoms with Crippen molar-refractivity contribution in [2.45, 2.75) is 386 Å². The molecule has 6 heteroatoms. The van der Waals surface area contributed by atoms with Gasteiger partial charge in [0.25, 0.3) is 0 Å². The van der Waals surface area contributed by atoms with E-state index < -0.39 is 6.10 Å². The minimum atomic E-state index is -0.776. The number of unbranched alkanes of at least 4 members (excludes halogenated alkanes) is 45. The molecule has 0 fully saturated rings. The minimum absolute atomic E-state index is 0.0721. The quantitative estimate of drug-likeness (QED) is 0.0261. The van der Waals surface area contributed by atoms with Crippen LogP contribution < -0.4 is 0 Å². The van der Waals surface area contributed by atoms with Gasteiger partial charge in [0.05, 0.1) is 0 Å². The largest absolute Gasteiger partial charge is 0.462 e. The summed E-state index contributed by atoms with van der Waals surface area (Å²) in [6.45, 7) is 6.59. The normalized spacial score (nSPS) is 12.4. The van der Waals surface area contributed by atoms with Crippen LogP contribution in [0.4, 0.5) is 0 Å². The third kappa shape index (κ3) is 67.8. The van der Waals surface area contributed by atoms with Gasteiger partial charge in [-0.1, -0.05) is 338 Å². The number of ether oxygens (including phenoxy) is 3. The van der Waals surface area contributed by atoms with Gasteiger partial charge >= 0.3 is 17.9 Å². The summed E-state index contributed by atoms with van der Waals surface area (Å²) >= 11 is 0. The van der Waals surface area contributed by atoms with Crippen molar-refractivity contribution in [3.8, 4) is 0 Å². The number of esters is 3. The maximum Gasteiger partial charge on any atom is 0.306 e. The van der Waals surface area contributed by atoms with Crippen LogP contribution in [0, 0.1) is 0 Å². The number of rotatable bonds is 66. The minimum Gasteiger partial charge on any atom is -0.462 e. The molecule has 0 rings (SSSR count). The van der Waals surface area contributed by atoms with E-state index >= 15 is 0 Å². The van der Waals surface area contributed by atoms with Crippen molar-refractivity contribution in [1.29, 1.82) is 0 Å². The summed E-state index contributed by atoms with van der Waals surface area (Å²) in [5, 5.41) is 0. The lowest BCUT2D eigenvalue weighted by Gasteiger charge is -2.18. The molecule has 0 heterocycles. The number of hydrogen-bond acceptors (Lipinski definition) is 6. The fraction of sp³-hybridized carbons (Fsp3) is 0.827. The Morgan fingerprint density at radius 1 is 0.259 bits per heavy atom. The van der Waals surface area contributed by atoms with E-state index in [1.165, 1.54) is 250 Å². The third-order valence-electron chi connectivity index (χ3n) is 16.0. The standard InChI is InChI=1S/C75H136O6/c1-4-7-10-13-16-19-22-25-28-31-33-35-36-37-38-39-40-41-43-44-47-50-53-56-59-62-65-68-74(77)80-71-72(70-79-73(76)67-64-61-58-55-52-49-46-30-27-24-21-18-15-12-9-6-3)81-75(78)69-66-63-60-57-54-51-48-45-42-34-32-29-26-23-20-17-14-11-8-5-2/h7,10,16,19,25,28,30,33,35,46,72H,4-6,8-9,11-15,17-18,20-24,26-27,29,31-32,34,36-45,47-71H2,1-3H3/b10-7-,19-16-,28-25-,35-33-,46-30-. The van der Waals surface area contributed by atoms with E-state index in [0.717, 1.165) is 89.9 Å². The van der Waals surface area contributed by atoms with Gasteiger partial charge in [0.2, 0.25) is 0 Å². The molecule has 0 saturated carbocycles. The van der Waals surface area contributed by atoms with Crippen LogP contribution in [0.1, 0.15) is 380 Å². The molecule has 0 aliphatic heterocycles. The highest BCUT2D eigenvalue weighted by atomic mass is 16.6. The van der Waals surface area contributed by atoms with Gasteiger partial charge in [-0.2, -0.15) is 0 Å². The lowest BCUT2D eigenvalue weighted by atomic mass is 10.0. The van der Waals surface area contributed by atoms with Crippen molar-refractivity contribution >= 4 is 17.9 Å². The van der Waals surface area contributed by atoms with Crippen LogP contribution >= 0.6 is 0 Å². The van der Waals surface area contributed by atoms with Gasteiger partial charge in [0, 0.05) is 19.3 Å². The first-order valence-corrected chi connectivity index (χ1v) is 35.8. The zero-order chi connectivity index (χ0) is 58.5. The number of hydrogen-bond donors (Lipinski definition) is 0. The van der Waals surface area contributed by atoms with Crippen molar-refractivity contribution in [3.05, 3.63) is 60.8 Å². The van der Waals surface area contributed by atoms with Gasteiger partial charge in [-0.05, 0) is 83.5 Å². The van der Waals surface area contributed by atoms with E-state index in [1.54, 1.807) is 0 Å². The summed E-state index contributed by atoms with van der Waals surface area (Å²) in [4.78, 5) is 38.5. The molecule has 0 bridgehead atoms. The molecular weight excluding hydrogens is 997 g/mol. The monoisotopic (exact) mass is 1130 g/mol. The molecule has 0 aromatic rings. The maximum absolute atomic E-state index is 13.0. The van der Waals surface area contributed by atoms with Crippen LogP contribution in [0.15, 0.2) is 60.8 Å². The molecule has 0 aliphatic rings. The highest BCUT2D eigenvalue weighted by Crippen LogP contribution is 2.18. The highest BCUT2D eigenvalue weighted by Gasteiger charge is 2.19. The fourth-order valence-corrected chi connectivity index (χ4v) is 10.7. The first-order valence-electron chi connectivity index (χ1n) is 35.8. The molecule has 0 radical (unpaired) electrons. The summed E-state index contributed by atoms with van der Waals surface area (Å²) in [7, 11) is 0. The number of allylic oxidation sites excluding steroid dienone is 10. The molecule has 0 saturated heterocycles. The maximum atomic E-state index is 13.0. The van der Waals surface area contributed by atoms with E-state index in [-0.39, 0.29) is 31.1 Å². The zero-order valence-corrected chi connectivity index (χ0v) is 54.3. The lowest BCUT2D eigenvalue weighted by Crippen LogP contribution is -2.30. The molecule has 0 N–H and O–H groups in total. The van der Waals surface area contributed by atoms with E-state index in [1.807, 2.05) is 0 Å². The van der Waals surface area contributed by atoms with Crippen LogP contribution in [0.5, 0.6) is 0 Å². The molecule has 1 unspecified atom stereocenters. The van der Waals surface area contributed by atoms with Gasteiger partial charge in [-0.3, -0.25) is 14.4 Å². The molecule has 0 amide bonds. The molecule has 1 atom stereocenters. The van der Waals surface area contributed by atoms with Crippen LogP contribution in [-0.2, 0) is 28.6 Å². The fourth-order valence-electron chi connectivity index (χ4n) is 10.7. The van der Waals surface area contributed by atoms with Gasteiger partial charge in [0.1, 0.15) is 13.2 Å². The van der Waals surface area contributed by atoms with Gasteiger partial charge < -0.3 is 14.2 Å². The first kappa shape index (κ1) is 78.1. The van der Waals surface area contributed by atoms with Gasteiger partial charge in [-0.15, -0.1) is 0 Å². The van der Waals surface area contributed by atoms with E-state index in [0.29, 0.717) is 19.3 Å². The topological polar surface area (TPSA) is 78.9 Å². The van der Waals surface area contributed by atoms with E-state index in [9.17, 15) is 14.4 Å². The Hall–Kier alpha value is -2.89. The van der Waals surface area contributed by atoms with Crippen molar-refractivity contribution in [2.24, 2.45) is 0 Å². The Kier molecular flexibility index (Phi) is 67.1. The van der Waals surface area contributed by atoms with Crippen LogP contribution in [0.2, 0.25) is 0 Å². The average molecular weight is 1130 g/mol. The zero-order valence-electron chi connectivity index (χ0n) is 54.3. The van der Waals surface area contributed by atoms with E-state index in [2.05, 4.69) is 81.5 Å². The third-order valence-corrected chi connectivity index (χ3v) is 16.0. The average Bonchev–Trinajstić information content (AvgIpc) is 3.47. The number of carbonyl (C=O) groups excluding carboxylic acids is 3. The highest BCUT2D eigenvalue weighted by molar-refractivity contribution is 5.71. The second kappa shape index (κ2) is 69.6. The van der Waals surface area contributed by atoms with Crippen LogP contribution in [0.25, 0.3) is 0 Å². The van der Waals surface area contributed by atoms with Crippen LogP contribution in [-0.4, -0.2) is 37.2 Å². The first-order chi connectivity index (χ1) is 40.0. The van der Waals surface area contributed by atoms with Crippen molar-refractivity contribution in [3.63, 3.8) is 0 Å². The van der Waals surface area contributed by atoms with Crippen molar-refractivity contribution < 1.29 is 28.6 Å². The summed E-state index contributed by atoms with van der Waals surface area (Å²) < 4.78 is 17.0. The van der Waals surface area contributed by atoms with Crippen molar-refractivity contribution in [2.75, 3.05) is 13.2 Å². The molecule has 0 aromatic heterocycles. The predicted molar refractivity (Wildman–Crippen MR) is 353 cm³/mol.